The van der Waals surface area contributed by atoms with Crippen molar-refractivity contribution >= 4 is 5.69 Å². The molecule has 1 saturated heterocycles. The summed E-state index contributed by atoms with van der Waals surface area (Å²) in [4.78, 5) is 15.6. The van der Waals surface area contributed by atoms with Crippen molar-refractivity contribution in [3.63, 3.8) is 0 Å². The van der Waals surface area contributed by atoms with Gasteiger partial charge in [-0.3, -0.25) is 10.1 Å². The molecule has 16 heavy (non-hydrogen) atoms. The van der Waals surface area contributed by atoms with Gasteiger partial charge in [0.05, 0.1) is 4.92 Å². The second kappa shape index (κ2) is 4.94. The minimum atomic E-state index is -0.412. The molecule has 1 aliphatic rings. The molecule has 0 bridgehead atoms. The topological polar surface area (TPSA) is 55.6 Å². The van der Waals surface area contributed by atoms with Gasteiger partial charge in [-0.05, 0) is 25.0 Å². The summed E-state index contributed by atoms with van der Waals surface area (Å²) in [5.41, 5.74) is 0.0889. The molecule has 0 unspecified atom stereocenters. The molecule has 2 rings (SSSR count). The number of nitro benzene ring substituents is 1. The van der Waals surface area contributed by atoms with E-state index < -0.39 is 4.92 Å². The van der Waals surface area contributed by atoms with Crippen LogP contribution in [-0.4, -0.2) is 23.1 Å². The second-order valence-electron chi connectivity index (χ2n) is 3.83. The molecule has 0 aromatic heterocycles. The summed E-state index contributed by atoms with van der Waals surface area (Å²) in [6.07, 6.45) is 3.54. The van der Waals surface area contributed by atoms with Gasteiger partial charge in [-0.2, -0.15) is 0 Å². The van der Waals surface area contributed by atoms with Crippen LogP contribution in [0.1, 0.15) is 19.3 Å². The van der Waals surface area contributed by atoms with Gasteiger partial charge in [-0.25, -0.2) is 0 Å². The predicted molar refractivity (Wildman–Crippen MR) is 59.1 cm³/mol. The van der Waals surface area contributed by atoms with Crippen molar-refractivity contribution in [2.24, 2.45) is 0 Å². The first kappa shape index (κ1) is 10.9. The monoisotopic (exact) mass is 222 g/mol. The van der Waals surface area contributed by atoms with Crippen LogP contribution in [0.5, 0.6) is 5.75 Å². The number of hydrogen-bond donors (Lipinski definition) is 0. The van der Waals surface area contributed by atoms with Crippen LogP contribution in [0.25, 0.3) is 0 Å². The fraction of sp³-hybridized carbons (Fsp3) is 0.455. The van der Waals surface area contributed by atoms with E-state index in [1.54, 1.807) is 12.1 Å². The number of hydrogen-bond acceptors (Lipinski definition) is 4. The third-order valence-electron chi connectivity index (χ3n) is 2.60. The quantitative estimate of drug-likeness (QED) is 0.582. The number of nitrogens with zero attached hydrogens (tertiary/aromatic N) is 2. The second-order valence-corrected chi connectivity index (χ2v) is 3.83. The summed E-state index contributed by atoms with van der Waals surface area (Å²) in [7, 11) is 0. The maximum Gasteiger partial charge on any atom is 0.269 e. The first-order chi connectivity index (χ1) is 7.75. The zero-order chi connectivity index (χ0) is 11.4. The van der Waals surface area contributed by atoms with Gasteiger partial charge >= 0.3 is 0 Å². The summed E-state index contributed by atoms with van der Waals surface area (Å²) >= 11 is 0. The Kier molecular flexibility index (Phi) is 3.36. The lowest BCUT2D eigenvalue weighted by Crippen LogP contribution is -2.32. The molecular weight excluding hydrogens is 208 g/mol. The van der Waals surface area contributed by atoms with Gasteiger partial charge in [0.1, 0.15) is 5.75 Å². The third-order valence-corrected chi connectivity index (χ3v) is 2.60. The van der Waals surface area contributed by atoms with E-state index in [4.69, 9.17) is 4.84 Å². The maximum atomic E-state index is 10.5. The Morgan fingerprint density at radius 3 is 2.31 bits per heavy atom. The smallest absolute Gasteiger partial charge is 0.269 e. The van der Waals surface area contributed by atoms with Crippen LogP contribution in [0.15, 0.2) is 24.3 Å². The summed E-state index contributed by atoms with van der Waals surface area (Å²) in [6, 6.07) is 6.18. The molecule has 1 heterocycles. The van der Waals surface area contributed by atoms with Gasteiger partial charge in [0.25, 0.3) is 5.69 Å². The molecule has 0 spiro atoms. The first-order valence-corrected chi connectivity index (χ1v) is 5.43. The van der Waals surface area contributed by atoms with Crippen molar-refractivity contribution in [3.8, 4) is 5.75 Å². The minimum Gasteiger partial charge on any atom is -0.406 e. The molecule has 1 aromatic rings. The molecule has 0 amide bonds. The Hall–Kier alpha value is -1.62. The minimum absolute atomic E-state index is 0.0889. The van der Waals surface area contributed by atoms with Crippen LogP contribution >= 0.6 is 0 Å². The fourth-order valence-corrected chi connectivity index (χ4v) is 1.73. The van der Waals surface area contributed by atoms with E-state index in [0.29, 0.717) is 5.75 Å². The Bertz CT molecular complexity index is 358. The van der Waals surface area contributed by atoms with E-state index in [1.165, 1.54) is 18.6 Å². The highest BCUT2D eigenvalue weighted by Crippen LogP contribution is 2.19. The van der Waals surface area contributed by atoms with Crippen molar-refractivity contribution in [2.45, 2.75) is 19.3 Å². The zero-order valence-electron chi connectivity index (χ0n) is 8.96. The summed E-state index contributed by atoms with van der Waals surface area (Å²) in [5, 5.41) is 12.4. The number of benzene rings is 1. The molecule has 5 nitrogen and oxygen atoms in total. The van der Waals surface area contributed by atoms with Crippen molar-refractivity contribution in [1.82, 2.24) is 5.06 Å². The van der Waals surface area contributed by atoms with E-state index >= 15 is 0 Å². The van der Waals surface area contributed by atoms with Gasteiger partial charge in [0, 0.05) is 25.2 Å². The fourth-order valence-electron chi connectivity index (χ4n) is 1.73. The number of nitro groups is 1. The van der Waals surface area contributed by atoms with E-state index in [2.05, 4.69) is 0 Å². The van der Waals surface area contributed by atoms with E-state index in [0.717, 1.165) is 25.9 Å². The first-order valence-electron chi connectivity index (χ1n) is 5.43. The number of rotatable bonds is 3. The SMILES string of the molecule is O=[N+]([O-])c1ccc(ON2CCCCC2)cc1. The van der Waals surface area contributed by atoms with Crippen LogP contribution < -0.4 is 4.84 Å². The van der Waals surface area contributed by atoms with Crippen LogP contribution in [-0.2, 0) is 0 Å². The summed E-state index contributed by atoms with van der Waals surface area (Å²) in [6.45, 7) is 1.86. The molecule has 1 fully saturated rings. The predicted octanol–water partition coefficient (Wildman–Crippen LogP) is 2.37. The van der Waals surface area contributed by atoms with Gasteiger partial charge in [0.2, 0.25) is 0 Å². The molecule has 1 aliphatic heterocycles. The molecule has 0 atom stereocenters. The summed E-state index contributed by atoms with van der Waals surface area (Å²) < 4.78 is 0. The average Bonchev–Trinajstić information content (AvgIpc) is 2.31. The third kappa shape index (κ3) is 2.70. The Morgan fingerprint density at radius 2 is 1.75 bits per heavy atom. The van der Waals surface area contributed by atoms with Crippen molar-refractivity contribution < 1.29 is 9.76 Å². The van der Waals surface area contributed by atoms with Gasteiger partial charge in [-0.15, -0.1) is 5.06 Å². The maximum absolute atomic E-state index is 10.5. The van der Waals surface area contributed by atoms with Crippen LogP contribution in [0.2, 0.25) is 0 Å². The Morgan fingerprint density at radius 1 is 1.12 bits per heavy atom. The molecule has 0 aliphatic carbocycles. The molecular formula is C11H14N2O3. The number of non-ortho nitro benzene ring substituents is 1. The van der Waals surface area contributed by atoms with E-state index in [1.807, 2.05) is 5.06 Å². The Balaban J connectivity index is 1.96. The lowest BCUT2D eigenvalue weighted by Gasteiger charge is -2.25. The average molecular weight is 222 g/mol. The van der Waals surface area contributed by atoms with Gasteiger partial charge in [-0.1, -0.05) is 6.42 Å². The molecule has 0 saturated carbocycles. The molecule has 0 radical (unpaired) electrons. The highest BCUT2D eigenvalue weighted by atomic mass is 16.7. The normalized spacial score (nSPS) is 17.0. The largest absolute Gasteiger partial charge is 0.406 e. The number of piperidine rings is 1. The molecule has 86 valence electrons. The standard InChI is InChI=1S/C11H14N2O3/c14-13(15)10-4-6-11(7-5-10)16-12-8-2-1-3-9-12/h4-7H,1-3,8-9H2. The summed E-state index contributed by atoms with van der Waals surface area (Å²) in [5.74, 6) is 0.660. The zero-order valence-corrected chi connectivity index (χ0v) is 8.96. The highest BCUT2D eigenvalue weighted by Gasteiger charge is 2.12. The van der Waals surface area contributed by atoms with Gasteiger partial charge < -0.3 is 4.84 Å². The van der Waals surface area contributed by atoms with Crippen molar-refractivity contribution in [2.75, 3.05) is 13.1 Å². The van der Waals surface area contributed by atoms with Gasteiger partial charge in [0.15, 0.2) is 0 Å². The number of hydroxylamine groups is 2. The van der Waals surface area contributed by atoms with Crippen LogP contribution in [0.3, 0.4) is 0 Å². The molecule has 0 N–H and O–H groups in total. The highest BCUT2D eigenvalue weighted by molar-refractivity contribution is 5.35. The van der Waals surface area contributed by atoms with E-state index in [9.17, 15) is 10.1 Å². The van der Waals surface area contributed by atoms with Crippen LogP contribution in [0.4, 0.5) is 5.69 Å². The van der Waals surface area contributed by atoms with Crippen molar-refractivity contribution in [3.05, 3.63) is 34.4 Å². The van der Waals surface area contributed by atoms with Crippen LogP contribution in [0, 0.1) is 10.1 Å². The lowest BCUT2D eigenvalue weighted by molar-refractivity contribution is -0.384. The molecule has 1 aromatic carbocycles. The molecule has 5 heteroatoms. The van der Waals surface area contributed by atoms with Crippen molar-refractivity contribution in [1.29, 1.82) is 0 Å². The lowest BCUT2D eigenvalue weighted by atomic mass is 10.2. The van der Waals surface area contributed by atoms with E-state index in [-0.39, 0.29) is 5.69 Å². The Labute approximate surface area is 93.7 Å².